The first-order valence-corrected chi connectivity index (χ1v) is 7.46. The fourth-order valence-corrected chi connectivity index (χ4v) is 3.50. The van der Waals surface area contributed by atoms with Gasteiger partial charge in [-0.2, -0.15) is 0 Å². The number of hydrogen-bond acceptors (Lipinski definition) is 1. The number of carbonyl (C=O) groups excluding carboxylic acids is 1. The molecule has 18 heavy (non-hydrogen) atoms. The van der Waals surface area contributed by atoms with Gasteiger partial charge in [-0.3, -0.25) is 4.79 Å². The SMILES string of the molecule is O=C(CCc1ccc2c(c1)CCC2)C1CCCC1. The Labute approximate surface area is 110 Å². The number of hydrogen-bond donors (Lipinski definition) is 0. The van der Waals surface area contributed by atoms with Crippen LogP contribution in [0.25, 0.3) is 0 Å². The number of Topliss-reactive ketones (excluding diaryl/α,β-unsaturated/α-hetero) is 1. The summed E-state index contributed by atoms with van der Waals surface area (Å²) < 4.78 is 0. The van der Waals surface area contributed by atoms with Gasteiger partial charge in [0, 0.05) is 12.3 Å². The molecule has 1 aromatic carbocycles. The number of carbonyl (C=O) groups is 1. The molecule has 0 heterocycles. The summed E-state index contributed by atoms with van der Waals surface area (Å²) in [4.78, 5) is 12.1. The summed E-state index contributed by atoms with van der Waals surface area (Å²) in [5.74, 6) is 0.896. The smallest absolute Gasteiger partial charge is 0.136 e. The highest BCUT2D eigenvalue weighted by Gasteiger charge is 2.22. The molecule has 0 amide bonds. The molecule has 1 aromatic rings. The highest BCUT2D eigenvalue weighted by Crippen LogP contribution is 2.27. The fraction of sp³-hybridized carbons (Fsp3) is 0.588. The van der Waals surface area contributed by atoms with Gasteiger partial charge in [0.15, 0.2) is 0 Å². The van der Waals surface area contributed by atoms with E-state index in [9.17, 15) is 4.79 Å². The number of benzene rings is 1. The average Bonchev–Trinajstić information content (AvgIpc) is 3.05. The van der Waals surface area contributed by atoms with Crippen LogP contribution in [0, 0.1) is 5.92 Å². The predicted molar refractivity (Wildman–Crippen MR) is 73.8 cm³/mol. The van der Waals surface area contributed by atoms with Crippen LogP contribution in [0.1, 0.15) is 55.2 Å². The molecule has 0 bridgehead atoms. The fourth-order valence-electron chi connectivity index (χ4n) is 3.50. The maximum atomic E-state index is 12.1. The minimum absolute atomic E-state index is 0.388. The molecule has 0 aliphatic heterocycles. The van der Waals surface area contributed by atoms with Crippen molar-refractivity contribution in [2.45, 2.75) is 57.8 Å². The van der Waals surface area contributed by atoms with E-state index in [2.05, 4.69) is 18.2 Å². The van der Waals surface area contributed by atoms with Gasteiger partial charge < -0.3 is 0 Å². The Balaban J connectivity index is 1.58. The largest absolute Gasteiger partial charge is 0.299 e. The molecular weight excluding hydrogens is 220 g/mol. The number of rotatable bonds is 4. The Bertz CT molecular complexity index is 441. The van der Waals surface area contributed by atoms with Crippen molar-refractivity contribution in [3.05, 3.63) is 34.9 Å². The summed E-state index contributed by atoms with van der Waals surface area (Å²) in [6.07, 6.45) is 10.3. The Hall–Kier alpha value is -1.11. The van der Waals surface area contributed by atoms with Gasteiger partial charge in [-0.25, -0.2) is 0 Å². The highest BCUT2D eigenvalue weighted by molar-refractivity contribution is 5.81. The Morgan fingerprint density at radius 1 is 1.06 bits per heavy atom. The lowest BCUT2D eigenvalue weighted by Gasteiger charge is -2.08. The molecule has 1 heteroatoms. The first-order chi connectivity index (χ1) is 8.83. The molecule has 1 nitrogen and oxygen atoms in total. The van der Waals surface area contributed by atoms with Crippen molar-refractivity contribution in [1.82, 2.24) is 0 Å². The zero-order valence-corrected chi connectivity index (χ0v) is 11.1. The van der Waals surface area contributed by atoms with Crippen molar-refractivity contribution in [3.63, 3.8) is 0 Å². The van der Waals surface area contributed by atoms with Crippen molar-refractivity contribution in [1.29, 1.82) is 0 Å². The number of fused-ring (bicyclic) bond motifs is 1. The van der Waals surface area contributed by atoms with E-state index in [-0.39, 0.29) is 0 Å². The molecule has 2 aliphatic rings. The molecule has 1 saturated carbocycles. The van der Waals surface area contributed by atoms with Crippen LogP contribution in [0.15, 0.2) is 18.2 Å². The molecule has 0 saturated heterocycles. The molecule has 0 N–H and O–H groups in total. The Morgan fingerprint density at radius 2 is 1.83 bits per heavy atom. The van der Waals surface area contributed by atoms with Gasteiger partial charge in [0.25, 0.3) is 0 Å². The second-order valence-corrected chi connectivity index (χ2v) is 5.90. The lowest BCUT2D eigenvalue weighted by Crippen LogP contribution is -2.11. The van der Waals surface area contributed by atoms with Gasteiger partial charge in [0.1, 0.15) is 5.78 Å². The van der Waals surface area contributed by atoms with Crippen molar-refractivity contribution in [2.75, 3.05) is 0 Å². The molecule has 0 radical (unpaired) electrons. The summed E-state index contributed by atoms with van der Waals surface area (Å²) in [6.45, 7) is 0. The highest BCUT2D eigenvalue weighted by atomic mass is 16.1. The van der Waals surface area contributed by atoms with Gasteiger partial charge in [-0.05, 0) is 55.2 Å². The van der Waals surface area contributed by atoms with Crippen molar-refractivity contribution in [3.8, 4) is 0 Å². The molecule has 0 aromatic heterocycles. The second-order valence-electron chi connectivity index (χ2n) is 5.90. The molecule has 1 fully saturated rings. The van der Waals surface area contributed by atoms with Crippen LogP contribution >= 0.6 is 0 Å². The molecule has 2 aliphatic carbocycles. The van der Waals surface area contributed by atoms with Crippen LogP contribution in [-0.4, -0.2) is 5.78 Å². The second kappa shape index (κ2) is 5.26. The minimum atomic E-state index is 0.388. The van der Waals surface area contributed by atoms with E-state index in [0.717, 1.165) is 25.7 Å². The third-order valence-electron chi connectivity index (χ3n) is 4.63. The van der Waals surface area contributed by atoms with E-state index < -0.39 is 0 Å². The quantitative estimate of drug-likeness (QED) is 0.783. The summed E-state index contributed by atoms with van der Waals surface area (Å²) in [6, 6.07) is 6.84. The van der Waals surface area contributed by atoms with E-state index in [4.69, 9.17) is 0 Å². The van der Waals surface area contributed by atoms with E-state index >= 15 is 0 Å². The predicted octanol–water partition coefficient (Wildman–Crippen LogP) is 3.87. The van der Waals surface area contributed by atoms with Gasteiger partial charge in [0.2, 0.25) is 0 Å². The summed E-state index contributed by atoms with van der Waals surface area (Å²) in [7, 11) is 0. The van der Waals surface area contributed by atoms with E-state index in [1.54, 1.807) is 0 Å². The van der Waals surface area contributed by atoms with Crippen molar-refractivity contribution in [2.24, 2.45) is 5.92 Å². The molecule has 0 unspecified atom stereocenters. The number of ketones is 1. The van der Waals surface area contributed by atoms with Gasteiger partial charge in [-0.15, -0.1) is 0 Å². The molecule has 96 valence electrons. The topological polar surface area (TPSA) is 17.1 Å². The van der Waals surface area contributed by atoms with Crippen LogP contribution in [0.4, 0.5) is 0 Å². The van der Waals surface area contributed by atoms with Crippen molar-refractivity contribution < 1.29 is 4.79 Å². The van der Waals surface area contributed by atoms with Gasteiger partial charge >= 0.3 is 0 Å². The minimum Gasteiger partial charge on any atom is -0.299 e. The Kier molecular flexibility index (Phi) is 3.49. The van der Waals surface area contributed by atoms with Crippen LogP contribution in [-0.2, 0) is 24.1 Å². The summed E-state index contributed by atoms with van der Waals surface area (Å²) in [5, 5.41) is 0. The maximum absolute atomic E-state index is 12.1. The van der Waals surface area contributed by atoms with Crippen LogP contribution < -0.4 is 0 Å². The summed E-state index contributed by atoms with van der Waals surface area (Å²) >= 11 is 0. The lowest BCUT2D eigenvalue weighted by atomic mass is 9.96. The first kappa shape index (κ1) is 12.0. The molecule has 0 spiro atoms. The molecular formula is C17H22O. The lowest BCUT2D eigenvalue weighted by molar-refractivity contribution is -0.122. The van der Waals surface area contributed by atoms with Gasteiger partial charge in [-0.1, -0.05) is 31.0 Å². The average molecular weight is 242 g/mol. The zero-order chi connectivity index (χ0) is 12.4. The third kappa shape index (κ3) is 2.50. The Morgan fingerprint density at radius 3 is 2.67 bits per heavy atom. The normalized spacial score (nSPS) is 19.1. The standard InChI is InChI=1S/C17H22O/c18-17(15-4-1-2-5-15)11-9-13-8-10-14-6-3-7-16(14)12-13/h8,10,12,15H,1-7,9,11H2. The molecule has 0 atom stereocenters. The molecule has 3 rings (SSSR count). The van der Waals surface area contributed by atoms with E-state index in [0.29, 0.717) is 11.7 Å². The van der Waals surface area contributed by atoms with Crippen LogP contribution in [0.2, 0.25) is 0 Å². The van der Waals surface area contributed by atoms with Crippen LogP contribution in [0.5, 0.6) is 0 Å². The van der Waals surface area contributed by atoms with Gasteiger partial charge in [0.05, 0.1) is 0 Å². The van der Waals surface area contributed by atoms with Crippen molar-refractivity contribution >= 4 is 5.78 Å². The third-order valence-corrected chi connectivity index (χ3v) is 4.63. The van der Waals surface area contributed by atoms with E-state index in [1.165, 1.54) is 48.8 Å². The van der Waals surface area contributed by atoms with E-state index in [1.807, 2.05) is 0 Å². The monoisotopic (exact) mass is 242 g/mol. The summed E-state index contributed by atoms with van der Waals surface area (Å²) in [5.41, 5.74) is 4.42. The van der Waals surface area contributed by atoms with Crippen LogP contribution in [0.3, 0.4) is 0 Å². The number of aryl methyl sites for hydroxylation is 3. The first-order valence-electron chi connectivity index (χ1n) is 7.46. The maximum Gasteiger partial charge on any atom is 0.136 e. The zero-order valence-electron chi connectivity index (χ0n) is 11.1.